The number of rotatable bonds is 5. The molecule has 1 rings (SSSR count). The zero-order valence-corrected chi connectivity index (χ0v) is 11.5. The molecule has 0 fully saturated rings. The molecule has 0 aromatic carbocycles. The van der Waals surface area contributed by atoms with Crippen LogP contribution in [0.5, 0.6) is 0 Å². The maximum Gasteiger partial charge on any atom is 0.304 e. The number of halogens is 1. The van der Waals surface area contributed by atoms with Gasteiger partial charge in [-0.15, -0.1) is 0 Å². The molecule has 0 radical (unpaired) electrons. The van der Waals surface area contributed by atoms with Crippen molar-refractivity contribution in [2.24, 2.45) is 7.05 Å². The van der Waals surface area contributed by atoms with E-state index >= 15 is 0 Å². The molecule has 16 heavy (non-hydrogen) atoms. The van der Waals surface area contributed by atoms with Gasteiger partial charge in [0.2, 0.25) is 0 Å². The van der Waals surface area contributed by atoms with E-state index in [0.717, 1.165) is 15.9 Å². The van der Waals surface area contributed by atoms with Crippen LogP contribution in [0.4, 0.5) is 0 Å². The Kier molecular flexibility index (Phi) is 4.67. The van der Waals surface area contributed by atoms with Crippen molar-refractivity contribution in [3.8, 4) is 0 Å². The third-order valence-corrected chi connectivity index (χ3v) is 4.39. The van der Waals surface area contributed by atoms with Gasteiger partial charge in [-0.1, -0.05) is 0 Å². The summed E-state index contributed by atoms with van der Waals surface area (Å²) in [5, 5.41) is 12.7. The van der Waals surface area contributed by atoms with E-state index in [0.29, 0.717) is 5.75 Å². The molecule has 90 valence electrons. The van der Waals surface area contributed by atoms with Gasteiger partial charge in [0.1, 0.15) is 0 Å². The first kappa shape index (κ1) is 13.4. The third-order valence-electron chi connectivity index (χ3n) is 2.10. The first-order valence-corrected chi connectivity index (χ1v) is 6.94. The van der Waals surface area contributed by atoms with E-state index in [1.54, 1.807) is 11.7 Å². The number of carbonyl (C=O) groups is 1. The molecule has 0 aliphatic heterocycles. The van der Waals surface area contributed by atoms with Gasteiger partial charge in [-0.05, 0) is 22.9 Å². The van der Waals surface area contributed by atoms with E-state index in [-0.39, 0.29) is 12.2 Å². The Morgan fingerprint density at radius 3 is 2.69 bits per heavy atom. The summed E-state index contributed by atoms with van der Waals surface area (Å²) in [7, 11) is 0.609. The zero-order chi connectivity index (χ0) is 12.3. The van der Waals surface area contributed by atoms with Crippen LogP contribution in [-0.2, 0) is 28.4 Å². The van der Waals surface area contributed by atoms with E-state index in [4.69, 9.17) is 5.11 Å². The van der Waals surface area contributed by atoms with Crippen LogP contribution in [0.3, 0.4) is 0 Å². The predicted molar refractivity (Wildman–Crippen MR) is 64.6 cm³/mol. The van der Waals surface area contributed by atoms with E-state index in [9.17, 15) is 9.00 Å². The lowest BCUT2D eigenvalue weighted by Crippen LogP contribution is -2.09. The van der Waals surface area contributed by atoms with Gasteiger partial charge in [0, 0.05) is 23.6 Å². The van der Waals surface area contributed by atoms with Crippen LogP contribution in [0.1, 0.15) is 17.8 Å². The molecule has 1 heterocycles. The normalized spacial score (nSPS) is 12.7. The molecule has 0 saturated carbocycles. The fourth-order valence-corrected chi connectivity index (χ4v) is 3.11. The highest BCUT2D eigenvalue weighted by molar-refractivity contribution is 9.10. The number of aromatic nitrogens is 2. The van der Waals surface area contributed by atoms with Crippen LogP contribution in [-0.4, -0.2) is 30.8 Å². The van der Waals surface area contributed by atoms with Gasteiger partial charge in [-0.25, -0.2) is 0 Å². The van der Waals surface area contributed by atoms with Gasteiger partial charge in [0.05, 0.1) is 28.0 Å². The molecular formula is C9H13BrN2O3S. The van der Waals surface area contributed by atoms with Gasteiger partial charge >= 0.3 is 5.97 Å². The Labute approximate surface area is 104 Å². The predicted octanol–water partition coefficient (Wildman–Crippen LogP) is 1.21. The summed E-state index contributed by atoms with van der Waals surface area (Å²) in [5.74, 6) is -0.425. The Morgan fingerprint density at radius 2 is 2.25 bits per heavy atom. The number of hydrogen-bond donors (Lipinski definition) is 1. The maximum absolute atomic E-state index is 11.6. The lowest BCUT2D eigenvalue weighted by Gasteiger charge is -2.02. The Morgan fingerprint density at radius 1 is 1.62 bits per heavy atom. The van der Waals surface area contributed by atoms with Crippen LogP contribution in [0.2, 0.25) is 0 Å². The molecule has 1 atom stereocenters. The number of aryl methyl sites for hydroxylation is 2. The van der Waals surface area contributed by atoms with E-state index in [2.05, 4.69) is 21.0 Å². The minimum Gasteiger partial charge on any atom is -0.481 e. The van der Waals surface area contributed by atoms with Crippen molar-refractivity contribution in [1.82, 2.24) is 9.78 Å². The second-order valence-electron chi connectivity index (χ2n) is 3.40. The summed E-state index contributed by atoms with van der Waals surface area (Å²) in [6, 6.07) is 0. The van der Waals surface area contributed by atoms with Crippen molar-refractivity contribution in [1.29, 1.82) is 0 Å². The topological polar surface area (TPSA) is 72.2 Å². The first-order chi connectivity index (χ1) is 7.41. The summed E-state index contributed by atoms with van der Waals surface area (Å²) in [4.78, 5) is 10.3. The number of carboxylic acid groups (broad SMARTS) is 1. The fraction of sp³-hybridized carbons (Fsp3) is 0.556. The van der Waals surface area contributed by atoms with Gasteiger partial charge < -0.3 is 5.11 Å². The van der Waals surface area contributed by atoms with E-state index < -0.39 is 16.8 Å². The first-order valence-electron chi connectivity index (χ1n) is 4.66. The second-order valence-corrected chi connectivity index (χ2v) is 5.77. The average Bonchev–Trinajstić information content (AvgIpc) is 2.42. The number of carboxylic acids is 1. The van der Waals surface area contributed by atoms with Crippen molar-refractivity contribution in [2.45, 2.75) is 19.1 Å². The van der Waals surface area contributed by atoms with Crippen molar-refractivity contribution in [3.63, 3.8) is 0 Å². The molecule has 0 aliphatic carbocycles. The van der Waals surface area contributed by atoms with Crippen molar-refractivity contribution in [3.05, 3.63) is 15.9 Å². The minimum absolute atomic E-state index is 0.0684. The number of hydrogen-bond acceptors (Lipinski definition) is 3. The molecule has 1 aromatic rings. The summed E-state index contributed by atoms with van der Waals surface area (Å²) < 4.78 is 14.1. The van der Waals surface area contributed by atoms with Gasteiger partial charge in [0.15, 0.2) is 0 Å². The SMILES string of the molecule is Cc1nn(C)c(CS(=O)CCC(=O)O)c1Br. The highest BCUT2D eigenvalue weighted by atomic mass is 79.9. The summed E-state index contributed by atoms with van der Waals surface area (Å²) >= 11 is 3.38. The maximum atomic E-state index is 11.6. The Balaban J connectivity index is 2.66. The van der Waals surface area contributed by atoms with E-state index in [1.165, 1.54) is 0 Å². The molecule has 0 bridgehead atoms. The molecule has 0 amide bonds. The molecule has 0 saturated heterocycles. The second kappa shape index (κ2) is 5.58. The molecule has 7 heteroatoms. The fourth-order valence-electron chi connectivity index (χ4n) is 1.26. The van der Waals surface area contributed by atoms with Crippen LogP contribution < -0.4 is 0 Å². The zero-order valence-electron chi connectivity index (χ0n) is 9.07. The standard InChI is InChI=1S/C9H13BrN2O3S/c1-6-9(10)7(12(2)11-6)5-16(15)4-3-8(13)14/h3-5H2,1-2H3,(H,13,14). The Hall–Kier alpha value is -0.690. The monoisotopic (exact) mass is 308 g/mol. The lowest BCUT2D eigenvalue weighted by molar-refractivity contribution is -0.136. The molecule has 0 aliphatic rings. The van der Waals surface area contributed by atoms with Crippen molar-refractivity contribution < 1.29 is 14.1 Å². The van der Waals surface area contributed by atoms with Crippen LogP contribution in [0, 0.1) is 6.92 Å². The largest absolute Gasteiger partial charge is 0.481 e. The van der Waals surface area contributed by atoms with Crippen LogP contribution in [0.25, 0.3) is 0 Å². The van der Waals surface area contributed by atoms with Crippen LogP contribution >= 0.6 is 15.9 Å². The lowest BCUT2D eigenvalue weighted by atomic mass is 10.4. The van der Waals surface area contributed by atoms with Crippen LogP contribution in [0.15, 0.2) is 4.47 Å². The van der Waals surface area contributed by atoms with Gasteiger partial charge in [-0.3, -0.25) is 13.7 Å². The molecule has 1 aromatic heterocycles. The highest BCUT2D eigenvalue weighted by Crippen LogP contribution is 2.21. The summed E-state index contributed by atoms with van der Waals surface area (Å²) in [6.45, 7) is 1.85. The molecule has 5 nitrogen and oxygen atoms in total. The summed E-state index contributed by atoms with van der Waals surface area (Å²) in [5.41, 5.74) is 1.67. The highest BCUT2D eigenvalue weighted by Gasteiger charge is 2.14. The molecule has 1 N–H and O–H groups in total. The Bertz CT molecular complexity index is 431. The van der Waals surface area contributed by atoms with Gasteiger partial charge in [-0.2, -0.15) is 5.10 Å². The minimum atomic E-state index is -1.17. The van der Waals surface area contributed by atoms with E-state index in [1.807, 2.05) is 6.92 Å². The third kappa shape index (κ3) is 3.41. The number of nitrogens with zero attached hydrogens (tertiary/aromatic N) is 2. The van der Waals surface area contributed by atoms with Gasteiger partial charge in [0.25, 0.3) is 0 Å². The molecule has 0 spiro atoms. The molecule has 1 unspecified atom stereocenters. The van der Waals surface area contributed by atoms with Crippen molar-refractivity contribution in [2.75, 3.05) is 5.75 Å². The number of aliphatic carboxylic acids is 1. The molecular weight excluding hydrogens is 296 g/mol. The quantitative estimate of drug-likeness (QED) is 0.887. The summed E-state index contributed by atoms with van der Waals surface area (Å²) in [6.07, 6.45) is -0.0684. The average molecular weight is 309 g/mol. The smallest absolute Gasteiger partial charge is 0.304 e. The van der Waals surface area contributed by atoms with Crippen molar-refractivity contribution >= 4 is 32.7 Å².